The Morgan fingerprint density at radius 2 is 1.79 bits per heavy atom. The van der Waals surface area contributed by atoms with E-state index in [1.807, 2.05) is 0 Å². The molecule has 0 radical (unpaired) electrons. The van der Waals surface area contributed by atoms with Gasteiger partial charge in [-0.3, -0.25) is 4.90 Å². The lowest BCUT2D eigenvalue weighted by atomic mass is 9.56. The zero-order valence-corrected chi connectivity index (χ0v) is 19.9. The predicted octanol–water partition coefficient (Wildman–Crippen LogP) is 4.04. The molecule has 1 saturated heterocycles. The van der Waals surface area contributed by atoms with Crippen LogP contribution >= 0.6 is 0 Å². The second-order valence-corrected chi connectivity index (χ2v) is 10.2. The van der Waals surface area contributed by atoms with Crippen LogP contribution in [-0.4, -0.2) is 43.7 Å². The van der Waals surface area contributed by atoms with Crippen molar-refractivity contribution in [1.29, 1.82) is 0 Å². The zero-order chi connectivity index (χ0) is 22.7. The van der Waals surface area contributed by atoms with Gasteiger partial charge < -0.3 is 16.0 Å². The highest BCUT2D eigenvalue weighted by molar-refractivity contribution is 5.74. The molecule has 1 aliphatic carbocycles. The lowest BCUT2D eigenvalue weighted by Gasteiger charge is -2.53. The van der Waals surface area contributed by atoms with Gasteiger partial charge in [-0.1, -0.05) is 61.0 Å². The smallest absolute Gasteiger partial charge is 0.314 e. The summed E-state index contributed by atoms with van der Waals surface area (Å²) in [7, 11) is 1.72. The van der Waals surface area contributed by atoms with E-state index in [1.165, 1.54) is 36.8 Å². The minimum Gasteiger partial charge on any atom is -0.341 e. The number of hydrogen-bond acceptors (Lipinski definition) is 3. The second-order valence-electron chi connectivity index (χ2n) is 10.2. The summed E-state index contributed by atoms with van der Waals surface area (Å²) in [6.45, 7) is 5.29. The van der Waals surface area contributed by atoms with Crippen molar-refractivity contribution in [3.63, 3.8) is 0 Å². The summed E-state index contributed by atoms with van der Waals surface area (Å²) in [6.07, 6.45) is 5.89. The van der Waals surface area contributed by atoms with E-state index < -0.39 is 0 Å². The highest BCUT2D eigenvalue weighted by Crippen LogP contribution is 2.52. The van der Waals surface area contributed by atoms with Crippen LogP contribution in [0.5, 0.6) is 0 Å². The maximum atomic E-state index is 12.3. The van der Waals surface area contributed by atoms with Gasteiger partial charge in [-0.15, -0.1) is 0 Å². The quantitative estimate of drug-likeness (QED) is 0.650. The molecule has 5 heteroatoms. The van der Waals surface area contributed by atoms with E-state index in [9.17, 15) is 4.79 Å². The molecular formula is C28H38N4O. The molecule has 3 aliphatic rings. The molecule has 2 fully saturated rings. The van der Waals surface area contributed by atoms with Gasteiger partial charge in [0.05, 0.1) is 0 Å². The van der Waals surface area contributed by atoms with Gasteiger partial charge in [0.1, 0.15) is 0 Å². The zero-order valence-electron chi connectivity index (χ0n) is 19.9. The first-order valence-electron chi connectivity index (χ1n) is 12.7. The molecule has 5 nitrogen and oxygen atoms in total. The van der Waals surface area contributed by atoms with Crippen molar-refractivity contribution in [3.8, 4) is 0 Å². The number of hydrogen-bond donors (Lipinski definition) is 3. The van der Waals surface area contributed by atoms with Gasteiger partial charge in [0, 0.05) is 38.1 Å². The fourth-order valence-electron chi connectivity index (χ4n) is 7.06. The summed E-state index contributed by atoms with van der Waals surface area (Å²) < 4.78 is 0. The molecule has 3 N–H and O–H groups in total. The molecule has 176 valence electrons. The number of piperidine rings is 1. The van der Waals surface area contributed by atoms with Crippen molar-refractivity contribution in [2.45, 2.75) is 56.7 Å². The molecule has 0 aromatic heterocycles. The number of benzene rings is 2. The molecule has 2 aliphatic heterocycles. The van der Waals surface area contributed by atoms with Crippen molar-refractivity contribution in [2.75, 3.05) is 26.7 Å². The monoisotopic (exact) mass is 446 g/mol. The number of rotatable bonds is 5. The van der Waals surface area contributed by atoms with Crippen molar-refractivity contribution < 1.29 is 4.79 Å². The van der Waals surface area contributed by atoms with E-state index in [2.05, 4.69) is 75.4 Å². The van der Waals surface area contributed by atoms with Gasteiger partial charge in [-0.2, -0.15) is 0 Å². The maximum absolute atomic E-state index is 12.3. The van der Waals surface area contributed by atoms with Crippen molar-refractivity contribution in [3.05, 3.63) is 71.3 Å². The minimum absolute atomic E-state index is 0.0446. The van der Waals surface area contributed by atoms with Crippen LogP contribution in [-0.2, 0) is 18.5 Å². The normalized spacial score (nSPS) is 28.3. The summed E-state index contributed by atoms with van der Waals surface area (Å²) in [5.74, 6) is 1.09. The highest BCUT2D eigenvalue weighted by atomic mass is 16.2. The van der Waals surface area contributed by atoms with Crippen molar-refractivity contribution in [1.82, 2.24) is 20.9 Å². The third kappa shape index (κ3) is 4.41. The van der Waals surface area contributed by atoms with Crippen LogP contribution in [0.2, 0.25) is 0 Å². The Labute approximate surface area is 198 Å². The summed E-state index contributed by atoms with van der Waals surface area (Å²) in [5.41, 5.74) is 4.47. The molecule has 5 rings (SSSR count). The molecule has 2 amide bonds. The second kappa shape index (κ2) is 9.86. The number of nitrogens with one attached hydrogen (secondary N) is 3. The Balaban J connectivity index is 1.42. The molecule has 33 heavy (non-hydrogen) atoms. The average molecular weight is 447 g/mol. The SMILES string of the molecule is CNC(=O)N[C@H]1CCC[C@@H]1C1(C2CCN(Cc3ccccc3)CC2)CNCc2ccccc21. The average Bonchev–Trinajstić information content (AvgIpc) is 3.33. The molecule has 2 aromatic carbocycles. The van der Waals surface area contributed by atoms with Crippen LogP contribution in [0.3, 0.4) is 0 Å². The molecule has 0 spiro atoms. The van der Waals surface area contributed by atoms with E-state index in [0.29, 0.717) is 11.8 Å². The van der Waals surface area contributed by atoms with Crippen LogP contribution in [0, 0.1) is 11.8 Å². The van der Waals surface area contributed by atoms with Gasteiger partial charge in [0.15, 0.2) is 0 Å². The molecular weight excluding hydrogens is 408 g/mol. The van der Waals surface area contributed by atoms with Crippen molar-refractivity contribution in [2.24, 2.45) is 11.8 Å². The van der Waals surface area contributed by atoms with E-state index in [1.54, 1.807) is 12.6 Å². The van der Waals surface area contributed by atoms with Crippen molar-refractivity contribution >= 4 is 6.03 Å². The van der Waals surface area contributed by atoms with Crippen LogP contribution < -0.4 is 16.0 Å². The number of urea groups is 1. The third-order valence-electron chi connectivity index (χ3n) is 8.54. The van der Waals surface area contributed by atoms with Crippen LogP contribution in [0.15, 0.2) is 54.6 Å². The van der Waals surface area contributed by atoms with E-state index in [-0.39, 0.29) is 17.5 Å². The summed E-state index contributed by atoms with van der Waals surface area (Å²) >= 11 is 0. The lowest BCUT2D eigenvalue weighted by molar-refractivity contribution is 0.0680. The number of nitrogens with zero attached hydrogens (tertiary/aromatic N) is 1. The van der Waals surface area contributed by atoms with Gasteiger partial charge in [-0.05, 0) is 67.3 Å². The Morgan fingerprint density at radius 3 is 2.58 bits per heavy atom. The van der Waals surface area contributed by atoms with E-state index in [4.69, 9.17) is 0 Å². The van der Waals surface area contributed by atoms with Crippen LogP contribution in [0.25, 0.3) is 0 Å². The molecule has 2 heterocycles. The number of carbonyl (C=O) groups is 1. The maximum Gasteiger partial charge on any atom is 0.314 e. The summed E-state index contributed by atoms with van der Waals surface area (Å²) in [4.78, 5) is 14.9. The molecule has 0 bridgehead atoms. The Bertz CT molecular complexity index is 940. The topological polar surface area (TPSA) is 56.4 Å². The van der Waals surface area contributed by atoms with E-state index in [0.717, 1.165) is 39.1 Å². The predicted molar refractivity (Wildman–Crippen MR) is 133 cm³/mol. The summed E-state index contributed by atoms with van der Waals surface area (Å²) in [6, 6.07) is 20.1. The van der Waals surface area contributed by atoms with Crippen LogP contribution in [0.4, 0.5) is 4.79 Å². The lowest BCUT2D eigenvalue weighted by Crippen LogP contribution is -2.59. The van der Waals surface area contributed by atoms with E-state index >= 15 is 0 Å². The number of fused-ring (bicyclic) bond motifs is 1. The Morgan fingerprint density at radius 1 is 1.03 bits per heavy atom. The first-order valence-corrected chi connectivity index (χ1v) is 12.7. The highest BCUT2D eigenvalue weighted by Gasteiger charge is 2.53. The fraction of sp³-hybridized carbons (Fsp3) is 0.536. The van der Waals surface area contributed by atoms with Crippen LogP contribution in [0.1, 0.15) is 48.8 Å². The molecule has 3 atom stereocenters. The minimum atomic E-state index is -0.0446. The molecule has 2 aromatic rings. The van der Waals surface area contributed by atoms with Gasteiger partial charge in [0.25, 0.3) is 0 Å². The standard InChI is InChI=1S/C28H38N4O/c1-29-27(33)31-26-13-7-12-25(26)28(20-30-18-22-10-5-6-11-24(22)28)23-14-16-32(17-15-23)19-21-8-3-2-4-9-21/h2-6,8-11,23,25-26,30H,7,12-20H2,1H3,(H2,29,31,33)/t25-,26-,28?/m0/s1. The van der Waals surface area contributed by atoms with Gasteiger partial charge in [-0.25, -0.2) is 4.79 Å². The van der Waals surface area contributed by atoms with Gasteiger partial charge in [0.2, 0.25) is 0 Å². The Kier molecular flexibility index (Phi) is 6.70. The fourth-order valence-corrected chi connectivity index (χ4v) is 7.06. The molecule has 1 unspecified atom stereocenters. The molecule has 1 saturated carbocycles. The van der Waals surface area contributed by atoms with Gasteiger partial charge >= 0.3 is 6.03 Å². The number of likely N-dealkylation sites (tertiary alicyclic amines) is 1. The first-order chi connectivity index (χ1) is 16.2. The largest absolute Gasteiger partial charge is 0.341 e. The number of carbonyl (C=O) groups excluding carboxylic acids is 1. The first kappa shape index (κ1) is 22.4. The third-order valence-corrected chi connectivity index (χ3v) is 8.54. The Hall–Kier alpha value is -2.37. The number of amides is 2. The summed E-state index contributed by atoms with van der Waals surface area (Å²) in [5, 5.41) is 9.91.